The molecule has 0 saturated carbocycles. The predicted molar refractivity (Wildman–Crippen MR) is 71.6 cm³/mol. The summed E-state index contributed by atoms with van der Waals surface area (Å²) in [4.78, 5) is 14.3. The van der Waals surface area contributed by atoms with Gasteiger partial charge in [0.2, 0.25) is 0 Å². The van der Waals surface area contributed by atoms with Crippen LogP contribution in [0.2, 0.25) is 0 Å². The van der Waals surface area contributed by atoms with Crippen LogP contribution >= 0.6 is 11.8 Å². The molecule has 18 heavy (non-hydrogen) atoms. The summed E-state index contributed by atoms with van der Waals surface area (Å²) in [7, 11) is 1.59. The number of carbonyl (C=O) groups excluding carboxylic acids is 1. The van der Waals surface area contributed by atoms with Crippen molar-refractivity contribution in [2.24, 2.45) is 0 Å². The molecule has 1 amide bonds. The Kier molecular flexibility index (Phi) is 5.53. The maximum Gasteiger partial charge on any atom is 0.263 e. The van der Waals surface area contributed by atoms with Crippen molar-refractivity contribution in [2.75, 3.05) is 19.8 Å². The van der Waals surface area contributed by atoms with E-state index in [4.69, 9.17) is 10.00 Å². The second-order valence-electron chi connectivity index (χ2n) is 3.79. The van der Waals surface area contributed by atoms with Crippen LogP contribution in [0.4, 0.5) is 0 Å². The largest absolute Gasteiger partial charge is 0.481 e. The van der Waals surface area contributed by atoms with E-state index in [0.717, 1.165) is 4.90 Å². The summed E-state index contributed by atoms with van der Waals surface area (Å²) in [6.07, 6.45) is 1.40. The first-order valence-electron chi connectivity index (χ1n) is 5.51. The number of rotatable bonds is 5. The number of ether oxygens (including phenoxy) is 1. The Hall–Kier alpha value is -1.67. The standard InChI is InChI=1S/C13H16N2O2S/c1-10(13(16)15(2)9-8-14)17-11-4-6-12(18-3)7-5-11/h4-7,10H,9H2,1-3H3/t10-/m1/s1. The SMILES string of the molecule is CSc1ccc(O[C@H](C)C(=O)N(C)CC#N)cc1. The Labute approximate surface area is 112 Å². The summed E-state index contributed by atoms with van der Waals surface area (Å²) in [5.74, 6) is 0.449. The molecule has 0 bridgehead atoms. The molecule has 0 aromatic heterocycles. The van der Waals surface area contributed by atoms with Crippen molar-refractivity contribution in [2.45, 2.75) is 17.9 Å². The van der Waals surface area contributed by atoms with Crippen molar-refractivity contribution in [3.63, 3.8) is 0 Å². The van der Waals surface area contributed by atoms with Crippen molar-refractivity contribution in [3.8, 4) is 11.8 Å². The number of benzene rings is 1. The zero-order valence-corrected chi connectivity index (χ0v) is 11.5. The molecule has 1 aromatic rings. The first-order valence-corrected chi connectivity index (χ1v) is 6.73. The maximum atomic E-state index is 11.8. The van der Waals surface area contributed by atoms with Crippen LogP contribution in [0.3, 0.4) is 0 Å². The van der Waals surface area contributed by atoms with Crippen molar-refractivity contribution in [1.29, 1.82) is 5.26 Å². The number of nitrogens with zero attached hydrogens (tertiary/aromatic N) is 2. The van der Waals surface area contributed by atoms with Gasteiger partial charge in [0.25, 0.3) is 5.91 Å². The lowest BCUT2D eigenvalue weighted by molar-refractivity contribution is -0.136. The number of likely N-dealkylation sites (N-methyl/N-ethyl adjacent to an activating group) is 1. The van der Waals surface area contributed by atoms with Crippen molar-refractivity contribution >= 4 is 17.7 Å². The van der Waals surface area contributed by atoms with Gasteiger partial charge in [0.15, 0.2) is 6.10 Å². The lowest BCUT2D eigenvalue weighted by Crippen LogP contribution is -2.38. The smallest absolute Gasteiger partial charge is 0.263 e. The fourth-order valence-electron chi connectivity index (χ4n) is 1.40. The highest BCUT2D eigenvalue weighted by molar-refractivity contribution is 7.98. The van der Waals surface area contributed by atoms with E-state index < -0.39 is 6.10 Å². The van der Waals surface area contributed by atoms with Crippen LogP contribution in [0.25, 0.3) is 0 Å². The van der Waals surface area contributed by atoms with Crippen LogP contribution in [0, 0.1) is 11.3 Å². The highest BCUT2D eigenvalue weighted by Gasteiger charge is 2.18. The summed E-state index contributed by atoms with van der Waals surface area (Å²) in [5.41, 5.74) is 0. The minimum atomic E-state index is -0.594. The Bertz CT molecular complexity index is 439. The second kappa shape index (κ2) is 6.92. The van der Waals surface area contributed by atoms with Gasteiger partial charge >= 0.3 is 0 Å². The number of hydrogen-bond donors (Lipinski definition) is 0. The van der Waals surface area contributed by atoms with Gasteiger partial charge in [-0.2, -0.15) is 5.26 Å². The molecule has 5 heteroatoms. The highest BCUT2D eigenvalue weighted by atomic mass is 32.2. The van der Waals surface area contributed by atoms with Crippen LogP contribution in [0.1, 0.15) is 6.92 Å². The van der Waals surface area contributed by atoms with Crippen LogP contribution < -0.4 is 4.74 Å². The molecule has 0 aliphatic rings. The van der Waals surface area contributed by atoms with Gasteiger partial charge in [-0.25, -0.2) is 0 Å². The van der Waals surface area contributed by atoms with Gasteiger partial charge in [0, 0.05) is 11.9 Å². The zero-order chi connectivity index (χ0) is 13.5. The molecule has 1 atom stereocenters. The lowest BCUT2D eigenvalue weighted by Gasteiger charge is -2.19. The summed E-state index contributed by atoms with van der Waals surface area (Å²) < 4.78 is 5.53. The normalized spacial score (nSPS) is 11.4. The molecule has 0 saturated heterocycles. The Balaban J connectivity index is 2.60. The van der Waals surface area contributed by atoms with Gasteiger partial charge in [-0.1, -0.05) is 0 Å². The Morgan fingerprint density at radius 1 is 1.50 bits per heavy atom. The third-order valence-corrected chi connectivity index (χ3v) is 3.15. The van der Waals surface area contributed by atoms with E-state index in [1.807, 2.05) is 36.6 Å². The summed E-state index contributed by atoms with van der Waals surface area (Å²) >= 11 is 1.65. The molecule has 0 radical (unpaired) electrons. The molecular weight excluding hydrogens is 248 g/mol. The van der Waals surface area contributed by atoms with E-state index in [0.29, 0.717) is 5.75 Å². The molecular formula is C13H16N2O2S. The average molecular weight is 264 g/mol. The highest BCUT2D eigenvalue weighted by Crippen LogP contribution is 2.20. The average Bonchev–Trinajstić information content (AvgIpc) is 2.39. The molecule has 0 heterocycles. The molecule has 0 unspecified atom stereocenters. The topological polar surface area (TPSA) is 53.3 Å². The molecule has 0 N–H and O–H groups in total. The first kappa shape index (κ1) is 14.4. The lowest BCUT2D eigenvalue weighted by atomic mass is 10.3. The van der Waals surface area contributed by atoms with E-state index in [2.05, 4.69) is 0 Å². The molecule has 1 rings (SSSR count). The molecule has 0 aliphatic carbocycles. The number of carbonyl (C=O) groups is 1. The van der Waals surface area contributed by atoms with E-state index in [1.165, 1.54) is 4.90 Å². The van der Waals surface area contributed by atoms with Gasteiger partial charge in [0.1, 0.15) is 12.3 Å². The summed E-state index contributed by atoms with van der Waals surface area (Å²) in [6.45, 7) is 1.75. The second-order valence-corrected chi connectivity index (χ2v) is 4.67. The number of thioether (sulfide) groups is 1. The summed E-state index contributed by atoms with van der Waals surface area (Å²) in [6, 6.07) is 9.48. The monoisotopic (exact) mass is 264 g/mol. The van der Waals surface area contributed by atoms with E-state index in [1.54, 1.807) is 25.7 Å². The van der Waals surface area contributed by atoms with Crippen LogP contribution in [-0.2, 0) is 4.79 Å². The third kappa shape index (κ3) is 3.97. The van der Waals surface area contributed by atoms with Gasteiger partial charge < -0.3 is 9.64 Å². The molecule has 1 aromatic carbocycles. The summed E-state index contributed by atoms with van der Waals surface area (Å²) in [5, 5.41) is 8.53. The van der Waals surface area contributed by atoms with Gasteiger partial charge in [-0.15, -0.1) is 11.8 Å². The van der Waals surface area contributed by atoms with Gasteiger partial charge in [-0.05, 0) is 37.4 Å². The van der Waals surface area contributed by atoms with Gasteiger partial charge in [0.05, 0.1) is 6.07 Å². The molecule has 0 aliphatic heterocycles. The van der Waals surface area contributed by atoms with E-state index >= 15 is 0 Å². The van der Waals surface area contributed by atoms with Crippen LogP contribution in [0.15, 0.2) is 29.2 Å². The number of hydrogen-bond acceptors (Lipinski definition) is 4. The Morgan fingerprint density at radius 3 is 2.61 bits per heavy atom. The molecule has 0 spiro atoms. The quantitative estimate of drug-likeness (QED) is 0.604. The minimum Gasteiger partial charge on any atom is -0.481 e. The molecule has 96 valence electrons. The van der Waals surface area contributed by atoms with Crippen molar-refractivity contribution in [1.82, 2.24) is 4.90 Å². The van der Waals surface area contributed by atoms with Crippen LogP contribution in [0.5, 0.6) is 5.75 Å². The van der Waals surface area contributed by atoms with E-state index in [9.17, 15) is 4.79 Å². The maximum absolute atomic E-state index is 11.8. The number of nitriles is 1. The van der Waals surface area contributed by atoms with E-state index in [-0.39, 0.29) is 12.5 Å². The third-order valence-electron chi connectivity index (χ3n) is 2.40. The number of amides is 1. The van der Waals surface area contributed by atoms with Crippen molar-refractivity contribution in [3.05, 3.63) is 24.3 Å². The first-order chi connectivity index (χ1) is 8.58. The van der Waals surface area contributed by atoms with Crippen molar-refractivity contribution < 1.29 is 9.53 Å². The zero-order valence-electron chi connectivity index (χ0n) is 10.7. The Morgan fingerprint density at radius 2 is 2.11 bits per heavy atom. The predicted octanol–water partition coefficient (Wildman–Crippen LogP) is 2.16. The molecule has 0 fully saturated rings. The minimum absolute atomic E-state index is 0.0674. The fraction of sp³-hybridized carbons (Fsp3) is 0.385. The van der Waals surface area contributed by atoms with Crippen LogP contribution in [-0.4, -0.2) is 36.8 Å². The fourth-order valence-corrected chi connectivity index (χ4v) is 1.81. The van der Waals surface area contributed by atoms with Gasteiger partial charge in [-0.3, -0.25) is 4.79 Å². The molecule has 4 nitrogen and oxygen atoms in total.